The van der Waals surface area contributed by atoms with Crippen LogP contribution < -0.4 is 5.73 Å². The first-order valence-electron chi connectivity index (χ1n) is 7.10. The number of halogens is 1. The Balaban J connectivity index is 1.91. The quantitative estimate of drug-likeness (QED) is 0.574. The molecule has 0 spiro atoms. The molecule has 0 aliphatic rings. The molecule has 0 bridgehead atoms. The van der Waals surface area contributed by atoms with E-state index in [9.17, 15) is 0 Å². The van der Waals surface area contributed by atoms with Gasteiger partial charge < -0.3 is 10.3 Å². The molecule has 2 aromatic carbocycles. The molecule has 0 unspecified atom stereocenters. The average Bonchev–Trinajstić information content (AvgIpc) is 2.93. The Morgan fingerprint density at radius 1 is 1.00 bits per heavy atom. The van der Waals surface area contributed by atoms with E-state index in [0.29, 0.717) is 0 Å². The standard InChI is InChI=1S/C18H14BrN3/c19-13-6-7-16-15(10-13)17(20)14-8-9-22(18(14)21-16)11-12-4-2-1-3-5-12/h1-10H,11H2,(H2,20,21). The van der Waals surface area contributed by atoms with E-state index in [4.69, 9.17) is 10.7 Å². The number of hydrogen-bond donors (Lipinski definition) is 1. The number of nitrogens with two attached hydrogens (primary N) is 1. The van der Waals surface area contributed by atoms with E-state index >= 15 is 0 Å². The normalized spacial score (nSPS) is 11.3. The molecular weight excluding hydrogens is 338 g/mol. The summed E-state index contributed by atoms with van der Waals surface area (Å²) in [5.74, 6) is 0. The summed E-state index contributed by atoms with van der Waals surface area (Å²) in [5.41, 5.74) is 10.2. The molecule has 108 valence electrons. The number of nitrogen functional groups attached to an aromatic ring is 1. The van der Waals surface area contributed by atoms with Crippen molar-refractivity contribution in [1.29, 1.82) is 0 Å². The highest BCUT2D eigenvalue weighted by Gasteiger charge is 2.10. The van der Waals surface area contributed by atoms with Crippen LogP contribution in [0.5, 0.6) is 0 Å². The van der Waals surface area contributed by atoms with E-state index in [1.165, 1.54) is 5.56 Å². The maximum atomic E-state index is 6.36. The van der Waals surface area contributed by atoms with Gasteiger partial charge in [0, 0.05) is 28.0 Å². The number of fused-ring (bicyclic) bond motifs is 2. The van der Waals surface area contributed by atoms with Gasteiger partial charge >= 0.3 is 0 Å². The maximum absolute atomic E-state index is 6.36. The minimum absolute atomic E-state index is 0.785. The Kier molecular flexibility index (Phi) is 3.12. The zero-order chi connectivity index (χ0) is 15.1. The molecule has 0 fully saturated rings. The van der Waals surface area contributed by atoms with Crippen LogP contribution in [0.4, 0.5) is 5.69 Å². The summed E-state index contributed by atoms with van der Waals surface area (Å²) in [5, 5.41) is 1.99. The Morgan fingerprint density at radius 3 is 2.64 bits per heavy atom. The maximum Gasteiger partial charge on any atom is 0.143 e. The number of hydrogen-bond acceptors (Lipinski definition) is 2. The molecule has 2 heterocycles. The van der Waals surface area contributed by atoms with Crippen molar-refractivity contribution < 1.29 is 0 Å². The van der Waals surface area contributed by atoms with Crippen molar-refractivity contribution in [3.8, 4) is 0 Å². The lowest BCUT2D eigenvalue weighted by Crippen LogP contribution is -2.00. The van der Waals surface area contributed by atoms with Crippen molar-refractivity contribution in [2.75, 3.05) is 5.73 Å². The molecule has 0 saturated carbocycles. The second kappa shape index (κ2) is 5.14. The number of benzene rings is 2. The second-order valence-corrected chi connectivity index (χ2v) is 6.27. The lowest BCUT2D eigenvalue weighted by Gasteiger charge is -2.08. The van der Waals surface area contributed by atoms with Crippen molar-refractivity contribution >= 4 is 43.6 Å². The molecular formula is C18H14BrN3. The van der Waals surface area contributed by atoms with Gasteiger partial charge in [0.05, 0.1) is 11.2 Å². The van der Waals surface area contributed by atoms with Gasteiger partial charge in [-0.2, -0.15) is 0 Å². The number of aromatic nitrogens is 2. The van der Waals surface area contributed by atoms with Gasteiger partial charge in [-0.3, -0.25) is 0 Å². The molecule has 0 radical (unpaired) electrons. The molecule has 0 amide bonds. The third-order valence-corrected chi connectivity index (χ3v) is 4.39. The SMILES string of the molecule is Nc1c2cc(Br)ccc2nc2c1ccn2Cc1ccccc1. The van der Waals surface area contributed by atoms with Gasteiger partial charge in [-0.05, 0) is 29.8 Å². The molecule has 2 N–H and O–H groups in total. The Labute approximate surface area is 136 Å². The fourth-order valence-electron chi connectivity index (χ4n) is 2.79. The van der Waals surface area contributed by atoms with Crippen LogP contribution in [0.25, 0.3) is 21.9 Å². The Hall–Kier alpha value is -2.33. The molecule has 4 aromatic rings. The summed E-state index contributed by atoms with van der Waals surface area (Å²) >= 11 is 3.49. The average molecular weight is 352 g/mol. The van der Waals surface area contributed by atoms with Crippen molar-refractivity contribution in [2.24, 2.45) is 0 Å². The van der Waals surface area contributed by atoms with E-state index in [1.54, 1.807) is 0 Å². The Bertz CT molecular complexity index is 974. The van der Waals surface area contributed by atoms with Crippen molar-refractivity contribution in [3.05, 3.63) is 70.8 Å². The third kappa shape index (κ3) is 2.16. The molecule has 4 rings (SSSR count). The van der Waals surface area contributed by atoms with Crippen LogP contribution in [-0.2, 0) is 6.54 Å². The third-order valence-electron chi connectivity index (χ3n) is 3.90. The van der Waals surface area contributed by atoms with Gasteiger partial charge in [0.1, 0.15) is 5.65 Å². The van der Waals surface area contributed by atoms with Gasteiger partial charge in [-0.15, -0.1) is 0 Å². The summed E-state index contributed by atoms with van der Waals surface area (Å²) in [7, 11) is 0. The smallest absolute Gasteiger partial charge is 0.143 e. The van der Waals surface area contributed by atoms with E-state index in [-0.39, 0.29) is 0 Å². The van der Waals surface area contributed by atoms with Gasteiger partial charge in [0.25, 0.3) is 0 Å². The minimum Gasteiger partial charge on any atom is -0.398 e. The van der Waals surface area contributed by atoms with E-state index in [0.717, 1.165) is 38.6 Å². The molecule has 4 heteroatoms. The second-order valence-electron chi connectivity index (χ2n) is 5.35. The first kappa shape index (κ1) is 13.3. The van der Waals surface area contributed by atoms with Gasteiger partial charge in [-0.25, -0.2) is 4.98 Å². The van der Waals surface area contributed by atoms with Gasteiger partial charge in [0.15, 0.2) is 0 Å². The molecule has 0 saturated heterocycles. The zero-order valence-electron chi connectivity index (χ0n) is 11.8. The van der Waals surface area contributed by atoms with Crippen LogP contribution >= 0.6 is 15.9 Å². The van der Waals surface area contributed by atoms with E-state index < -0.39 is 0 Å². The van der Waals surface area contributed by atoms with Crippen molar-refractivity contribution in [3.63, 3.8) is 0 Å². The van der Waals surface area contributed by atoms with E-state index in [1.807, 2.05) is 30.3 Å². The summed E-state index contributed by atoms with van der Waals surface area (Å²) in [6.07, 6.45) is 2.05. The number of anilines is 1. The summed E-state index contributed by atoms with van der Waals surface area (Å²) in [6.45, 7) is 0.790. The fraction of sp³-hybridized carbons (Fsp3) is 0.0556. The van der Waals surface area contributed by atoms with Crippen LogP contribution in [0.2, 0.25) is 0 Å². The number of nitrogens with zero attached hydrogens (tertiary/aromatic N) is 2. The van der Waals surface area contributed by atoms with Crippen LogP contribution in [0, 0.1) is 0 Å². The van der Waals surface area contributed by atoms with Crippen LogP contribution in [0.15, 0.2) is 65.3 Å². The van der Waals surface area contributed by atoms with Crippen LogP contribution in [-0.4, -0.2) is 9.55 Å². The Morgan fingerprint density at radius 2 is 1.82 bits per heavy atom. The van der Waals surface area contributed by atoms with Gasteiger partial charge in [-0.1, -0.05) is 46.3 Å². The molecule has 0 aliphatic heterocycles. The lowest BCUT2D eigenvalue weighted by molar-refractivity contribution is 0.827. The molecule has 22 heavy (non-hydrogen) atoms. The largest absolute Gasteiger partial charge is 0.398 e. The highest BCUT2D eigenvalue weighted by Crippen LogP contribution is 2.31. The molecule has 0 atom stereocenters. The van der Waals surface area contributed by atoms with Crippen LogP contribution in [0.1, 0.15) is 5.56 Å². The molecule has 2 aromatic heterocycles. The topological polar surface area (TPSA) is 43.8 Å². The van der Waals surface area contributed by atoms with Crippen LogP contribution in [0.3, 0.4) is 0 Å². The summed E-state index contributed by atoms with van der Waals surface area (Å²) in [4.78, 5) is 4.80. The summed E-state index contributed by atoms with van der Waals surface area (Å²) < 4.78 is 3.15. The first-order valence-corrected chi connectivity index (χ1v) is 7.89. The summed E-state index contributed by atoms with van der Waals surface area (Å²) in [6, 6.07) is 18.4. The van der Waals surface area contributed by atoms with Crippen molar-refractivity contribution in [2.45, 2.75) is 6.54 Å². The predicted octanol–water partition coefficient (Wildman–Crippen LogP) is 4.58. The highest BCUT2D eigenvalue weighted by atomic mass is 79.9. The highest BCUT2D eigenvalue weighted by molar-refractivity contribution is 9.10. The lowest BCUT2D eigenvalue weighted by atomic mass is 10.1. The van der Waals surface area contributed by atoms with E-state index in [2.05, 4.69) is 51.0 Å². The molecule has 0 aliphatic carbocycles. The molecule has 3 nitrogen and oxygen atoms in total. The van der Waals surface area contributed by atoms with Gasteiger partial charge in [0.2, 0.25) is 0 Å². The fourth-order valence-corrected chi connectivity index (χ4v) is 3.15. The first-order chi connectivity index (χ1) is 10.7. The van der Waals surface area contributed by atoms with Crippen molar-refractivity contribution in [1.82, 2.24) is 9.55 Å². The number of rotatable bonds is 2. The zero-order valence-corrected chi connectivity index (χ0v) is 13.4. The predicted molar refractivity (Wildman–Crippen MR) is 94.9 cm³/mol. The monoisotopic (exact) mass is 351 g/mol. The minimum atomic E-state index is 0.785. The number of pyridine rings is 1.